The van der Waals surface area contributed by atoms with Gasteiger partial charge in [-0.2, -0.15) is 13.2 Å². The van der Waals surface area contributed by atoms with Crippen LogP contribution < -0.4 is 5.43 Å². The second-order valence-corrected chi connectivity index (χ2v) is 8.71. The number of aryl methyl sites for hydroxylation is 1. The Balaban J connectivity index is 2.32. The molecule has 10 heteroatoms. The van der Waals surface area contributed by atoms with E-state index in [2.05, 4.69) is 10.4 Å². The maximum absolute atomic E-state index is 14.2. The smallest absolute Gasteiger partial charge is 0.272 e. The molecule has 144 valence electrons. The Hall–Kier alpha value is -1.26. The Bertz CT molecular complexity index is 729. The maximum Gasteiger partial charge on any atom is 0.398 e. The highest BCUT2D eigenvalue weighted by atomic mass is 32.2. The number of nitrogens with zero attached hydrogens (tertiary/aromatic N) is 2. The molecular weight excluding hydrogens is 390 g/mol. The van der Waals surface area contributed by atoms with Gasteiger partial charge in [0.15, 0.2) is 5.17 Å². The molecule has 0 atom stereocenters. The third kappa shape index (κ3) is 5.88. The van der Waals surface area contributed by atoms with Gasteiger partial charge in [0.25, 0.3) is 5.91 Å². The predicted octanol–water partition coefficient (Wildman–Crippen LogP) is 4.65. The minimum Gasteiger partial charge on any atom is -0.272 e. The van der Waals surface area contributed by atoms with Crippen LogP contribution in [0.5, 0.6) is 0 Å². The highest BCUT2D eigenvalue weighted by molar-refractivity contribution is 8.15. The van der Waals surface area contributed by atoms with Gasteiger partial charge in [-0.25, -0.2) is 19.8 Å². The molecule has 1 saturated heterocycles. The molecule has 1 N–H and O–H groups in total. The van der Waals surface area contributed by atoms with E-state index in [1.165, 1.54) is 11.1 Å². The number of rotatable bonds is 4. The number of hydrazine groups is 1. The zero-order chi connectivity index (χ0) is 19.7. The van der Waals surface area contributed by atoms with E-state index in [0.717, 1.165) is 17.8 Å². The van der Waals surface area contributed by atoms with Crippen molar-refractivity contribution < 1.29 is 22.4 Å². The van der Waals surface area contributed by atoms with E-state index < -0.39 is 23.3 Å². The van der Waals surface area contributed by atoms with Crippen molar-refractivity contribution in [1.29, 1.82) is 0 Å². The quantitative estimate of drug-likeness (QED) is 0.581. The molecule has 1 aromatic rings. The number of thioether (sulfide) groups is 2. The van der Waals surface area contributed by atoms with Crippen molar-refractivity contribution in [3.05, 3.63) is 23.5 Å². The number of amides is 1. The fourth-order valence-electron chi connectivity index (χ4n) is 2.04. The lowest BCUT2D eigenvalue weighted by molar-refractivity contribution is -0.127. The van der Waals surface area contributed by atoms with Crippen LogP contribution in [0.25, 0.3) is 0 Å². The number of carbonyl (C=O) groups excluding carboxylic acids is 1. The van der Waals surface area contributed by atoms with Gasteiger partial charge in [-0.15, -0.1) is 11.8 Å². The molecule has 26 heavy (non-hydrogen) atoms. The molecule has 1 aliphatic rings. The molecule has 1 aromatic carbocycles. The number of alkyl halides is 3. The van der Waals surface area contributed by atoms with Gasteiger partial charge in [0.2, 0.25) is 0 Å². The molecule has 0 saturated carbocycles. The molecule has 0 aromatic heterocycles. The number of benzene rings is 1. The van der Waals surface area contributed by atoms with Crippen LogP contribution in [0.1, 0.15) is 26.3 Å². The molecule has 1 fully saturated rings. The normalized spacial score (nSPS) is 17.5. The average Bonchev–Trinajstić information content (AvgIpc) is 2.79. The van der Waals surface area contributed by atoms with E-state index in [0.29, 0.717) is 22.2 Å². The van der Waals surface area contributed by atoms with Crippen LogP contribution >= 0.6 is 23.5 Å². The summed E-state index contributed by atoms with van der Waals surface area (Å²) in [6, 6.07) is 2.44. The van der Waals surface area contributed by atoms with Gasteiger partial charge in [0.1, 0.15) is 11.5 Å². The fourth-order valence-corrected chi connectivity index (χ4v) is 3.66. The first kappa shape index (κ1) is 21.0. The van der Waals surface area contributed by atoms with E-state index in [4.69, 9.17) is 0 Å². The topological polar surface area (TPSA) is 44.7 Å². The second kappa shape index (κ2) is 7.77. The van der Waals surface area contributed by atoms with Gasteiger partial charge in [-0.1, -0.05) is 11.8 Å². The van der Waals surface area contributed by atoms with E-state index in [1.54, 1.807) is 6.92 Å². The van der Waals surface area contributed by atoms with Gasteiger partial charge in [-0.3, -0.25) is 4.79 Å². The third-order valence-corrected chi connectivity index (χ3v) is 5.21. The first-order valence-electron chi connectivity index (χ1n) is 7.68. The number of carbonyl (C=O) groups is 1. The maximum atomic E-state index is 14.2. The first-order chi connectivity index (χ1) is 11.9. The van der Waals surface area contributed by atoms with E-state index in [1.807, 2.05) is 20.8 Å². The number of amidine groups is 1. The molecule has 0 aliphatic carbocycles. The minimum absolute atomic E-state index is 0.0989. The number of aliphatic imine (C=N–C) groups is 1. The fraction of sp³-hybridized carbons (Fsp3) is 0.500. The van der Waals surface area contributed by atoms with Gasteiger partial charge >= 0.3 is 6.18 Å². The molecule has 0 radical (unpaired) electrons. The summed E-state index contributed by atoms with van der Waals surface area (Å²) in [5.74, 6) is -1.78. The van der Waals surface area contributed by atoms with Gasteiger partial charge < -0.3 is 0 Å². The Morgan fingerprint density at radius 3 is 2.54 bits per heavy atom. The van der Waals surface area contributed by atoms with E-state index >= 15 is 0 Å². The van der Waals surface area contributed by atoms with Crippen LogP contribution in [-0.4, -0.2) is 39.3 Å². The summed E-state index contributed by atoms with van der Waals surface area (Å²) in [4.78, 5) is 16.5. The van der Waals surface area contributed by atoms with Crippen LogP contribution in [0, 0.1) is 12.7 Å². The number of nitrogens with one attached hydrogen (secondary N) is 1. The van der Waals surface area contributed by atoms with Crippen LogP contribution in [-0.2, 0) is 4.79 Å². The summed E-state index contributed by atoms with van der Waals surface area (Å²) >= 11 is 1.72. The van der Waals surface area contributed by atoms with Gasteiger partial charge in [0, 0.05) is 10.4 Å². The van der Waals surface area contributed by atoms with E-state index in [-0.39, 0.29) is 22.5 Å². The molecule has 0 bridgehead atoms. The summed E-state index contributed by atoms with van der Waals surface area (Å²) in [5.41, 5.74) is 2.87. The molecule has 1 amide bonds. The zero-order valence-corrected chi connectivity index (χ0v) is 16.3. The Kier molecular flexibility index (Phi) is 6.29. The van der Waals surface area contributed by atoms with Gasteiger partial charge in [-0.05, 0) is 45.4 Å². The lowest BCUT2D eigenvalue weighted by Gasteiger charge is -2.27. The van der Waals surface area contributed by atoms with Crippen LogP contribution in [0.4, 0.5) is 23.2 Å². The van der Waals surface area contributed by atoms with Crippen LogP contribution in [0.15, 0.2) is 22.0 Å². The summed E-state index contributed by atoms with van der Waals surface area (Å²) in [5, 5.41) is 1.52. The van der Waals surface area contributed by atoms with Crippen molar-refractivity contribution in [2.45, 2.75) is 44.3 Å². The number of halogens is 4. The van der Waals surface area contributed by atoms with Crippen molar-refractivity contribution in [2.75, 3.05) is 11.5 Å². The van der Waals surface area contributed by atoms with Crippen molar-refractivity contribution in [2.24, 2.45) is 4.99 Å². The van der Waals surface area contributed by atoms with Crippen molar-refractivity contribution >= 4 is 40.3 Å². The number of hydrogen-bond donors (Lipinski definition) is 1. The van der Waals surface area contributed by atoms with Crippen molar-refractivity contribution in [1.82, 2.24) is 10.4 Å². The molecule has 2 rings (SSSR count). The lowest BCUT2D eigenvalue weighted by atomic mass is 10.1. The molecule has 0 spiro atoms. The molecule has 4 nitrogen and oxygen atoms in total. The van der Waals surface area contributed by atoms with Crippen molar-refractivity contribution in [3.8, 4) is 0 Å². The Morgan fingerprint density at radius 2 is 1.96 bits per heavy atom. The summed E-state index contributed by atoms with van der Waals surface area (Å²) in [6.07, 6.45) is -4.32. The standard InChI is InChI=1S/C16H19F4N3OS2/c1-9-5-10(17)11(6-12(9)26-8-16(18,19)20)21-14-23(13(24)7-25-14)22-15(2,3)4/h5-6,22H,7-8H2,1-4H3. The zero-order valence-electron chi connectivity index (χ0n) is 14.7. The Labute approximate surface area is 157 Å². The van der Waals surface area contributed by atoms with Crippen LogP contribution in [0.2, 0.25) is 0 Å². The largest absolute Gasteiger partial charge is 0.398 e. The Morgan fingerprint density at radius 1 is 1.31 bits per heavy atom. The second-order valence-electron chi connectivity index (χ2n) is 6.75. The van der Waals surface area contributed by atoms with E-state index in [9.17, 15) is 22.4 Å². The van der Waals surface area contributed by atoms with Crippen molar-refractivity contribution in [3.63, 3.8) is 0 Å². The monoisotopic (exact) mass is 409 g/mol. The summed E-state index contributed by atoms with van der Waals surface area (Å²) < 4.78 is 51.6. The average molecular weight is 409 g/mol. The summed E-state index contributed by atoms with van der Waals surface area (Å²) in [7, 11) is 0. The van der Waals surface area contributed by atoms with Gasteiger partial charge in [0.05, 0.1) is 11.5 Å². The first-order valence-corrected chi connectivity index (χ1v) is 9.65. The highest BCUT2D eigenvalue weighted by Gasteiger charge is 2.32. The molecule has 1 heterocycles. The predicted molar refractivity (Wildman–Crippen MR) is 97.2 cm³/mol. The third-order valence-electron chi connectivity index (χ3n) is 3.06. The molecule has 1 aliphatic heterocycles. The minimum atomic E-state index is -4.32. The molecular formula is C16H19F4N3OS2. The number of hydrogen-bond acceptors (Lipinski definition) is 5. The SMILES string of the molecule is Cc1cc(F)c(N=C2SCC(=O)N2NC(C)(C)C)cc1SCC(F)(F)F. The molecule has 0 unspecified atom stereocenters. The summed E-state index contributed by atoms with van der Waals surface area (Å²) in [6.45, 7) is 7.12. The lowest BCUT2D eigenvalue weighted by Crippen LogP contribution is -2.51. The van der Waals surface area contributed by atoms with Crippen LogP contribution in [0.3, 0.4) is 0 Å². The highest BCUT2D eigenvalue weighted by Crippen LogP contribution is 2.34.